The summed E-state index contributed by atoms with van der Waals surface area (Å²) < 4.78 is 33.3. The molecular weight excluding hydrogens is 494 g/mol. The molecule has 4 rings (SSSR count). The van der Waals surface area contributed by atoms with Crippen LogP contribution in [-0.4, -0.2) is 26.3 Å². The largest absolute Gasteiger partial charge is 0.495 e. The van der Waals surface area contributed by atoms with Crippen LogP contribution in [0.4, 0.5) is 16.5 Å². The first kappa shape index (κ1) is 23.7. The van der Waals surface area contributed by atoms with E-state index >= 15 is 0 Å². The van der Waals surface area contributed by atoms with Gasteiger partial charge in [-0.15, -0.1) is 0 Å². The summed E-state index contributed by atoms with van der Waals surface area (Å²) in [6, 6.07) is 18.4. The number of carbonyl (C=O) groups excluding carboxylic acids is 1. The third kappa shape index (κ3) is 5.22. The van der Waals surface area contributed by atoms with E-state index in [2.05, 4.69) is 15.0 Å². The highest BCUT2D eigenvalue weighted by atomic mass is 35.5. The van der Waals surface area contributed by atoms with Gasteiger partial charge < -0.3 is 10.1 Å². The second kappa shape index (κ2) is 9.84. The zero-order valence-electron chi connectivity index (χ0n) is 18.2. The van der Waals surface area contributed by atoms with Crippen molar-refractivity contribution in [3.63, 3.8) is 0 Å². The van der Waals surface area contributed by atoms with Crippen LogP contribution in [0.15, 0.2) is 77.8 Å². The number of ether oxygens (including phenoxy) is 1. The summed E-state index contributed by atoms with van der Waals surface area (Å²) in [5.74, 6) is 0.111. The predicted octanol–water partition coefficient (Wildman–Crippen LogP) is 5.89. The first-order valence-corrected chi connectivity index (χ1v) is 12.7. The molecule has 34 heavy (non-hydrogen) atoms. The number of benzene rings is 3. The maximum atomic E-state index is 12.8. The van der Waals surface area contributed by atoms with Gasteiger partial charge in [0, 0.05) is 22.0 Å². The Balaban J connectivity index is 1.46. The highest BCUT2D eigenvalue weighted by Crippen LogP contribution is 2.30. The summed E-state index contributed by atoms with van der Waals surface area (Å²) >= 11 is 7.21. The Morgan fingerprint density at radius 2 is 1.74 bits per heavy atom. The molecule has 4 aromatic rings. The molecule has 0 saturated carbocycles. The number of rotatable bonds is 8. The fraction of sp³-hybridized carbons (Fsp3) is 0.0833. The Bertz CT molecular complexity index is 1450. The van der Waals surface area contributed by atoms with Crippen LogP contribution in [0.1, 0.15) is 20.8 Å². The molecule has 0 atom stereocenters. The lowest BCUT2D eigenvalue weighted by molar-refractivity contribution is 0.104. The number of aromatic nitrogens is 1. The quantitative estimate of drug-likeness (QED) is 0.285. The average molecular weight is 514 g/mol. The van der Waals surface area contributed by atoms with Crippen molar-refractivity contribution < 1.29 is 17.9 Å². The van der Waals surface area contributed by atoms with E-state index in [1.807, 2.05) is 25.1 Å². The summed E-state index contributed by atoms with van der Waals surface area (Å²) in [7, 11) is -2.52. The molecule has 10 heteroatoms. The molecule has 0 saturated heterocycles. The molecule has 0 spiro atoms. The highest BCUT2D eigenvalue weighted by Gasteiger charge is 2.20. The standard InChI is InChI=1S/C24H20ClN3O4S2/c1-15-5-3-4-6-19(15)23(29)21-14-26-24(33-21)27-17-8-10-18(11-9-17)28-34(30,31)22-13-16(25)7-12-20(22)32-2/h3-14,28H,1-2H3,(H,26,27). The number of nitrogens with one attached hydrogen (secondary N) is 2. The minimum absolute atomic E-state index is 0.0571. The number of anilines is 3. The molecule has 0 aliphatic rings. The molecule has 3 aromatic carbocycles. The van der Waals surface area contributed by atoms with Crippen molar-refractivity contribution in [1.29, 1.82) is 0 Å². The van der Waals surface area contributed by atoms with Crippen molar-refractivity contribution in [2.45, 2.75) is 11.8 Å². The molecule has 0 fully saturated rings. The van der Waals surface area contributed by atoms with Crippen molar-refractivity contribution in [1.82, 2.24) is 4.98 Å². The van der Waals surface area contributed by atoms with Gasteiger partial charge in [-0.25, -0.2) is 13.4 Å². The summed E-state index contributed by atoms with van der Waals surface area (Å²) in [5.41, 5.74) is 2.60. The van der Waals surface area contributed by atoms with Crippen LogP contribution in [0, 0.1) is 6.92 Å². The number of methoxy groups -OCH3 is 1. The van der Waals surface area contributed by atoms with Gasteiger partial charge in [-0.3, -0.25) is 9.52 Å². The van der Waals surface area contributed by atoms with Crippen molar-refractivity contribution in [2.75, 3.05) is 17.1 Å². The van der Waals surface area contributed by atoms with Gasteiger partial charge in [0.1, 0.15) is 10.6 Å². The highest BCUT2D eigenvalue weighted by molar-refractivity contribution is 7.92. The van der Waals surface area contributed by atoms with Gasteiger partial charge in [-0.05, 0) is 55.0 Å². The summed E-state index contributed by atoms with van der Waals surface area (Å²) in [4.78, 5) is 17.5. The first-order chi connectivity index (χ1) is 16.3. The van der Waals surface area contributed by atoms with Crippen LogP contribution >= 0.6 is 22.9 Å². The van der Waals surface area contributed by atoms with Crippen molar-refractivity contribution in [3.8, 4) is 5.75 Å². The fourth-order valence-electron chi connectivity index (χ4n) is 3.21. The average Bonchev–Trinajstić information content (AvgIpc) is 3.28. The minimum Gasteiger partial charge on any atom is -0.495 e. The molecule has 0 radical (unpaired) electrons. The minimum atomic E-state index is -3.91. The molecule has 1 aromatic heterocycles. The van der Waals surface area contributed by atoms with E-state index in [9.17, 15) is 13.2 Å². The Labute approximate surface area is 206 Å². The first-order valence-electron chi connectivity index (χ1n) is 10.1. The summed E-state index contributed by atoms with van der Waals surface area (Å²) in [6.45, 7) is 1.89. The number of ketones is 1. The molecule has 7 nitrogen and oxygen atoms in total. The molecule has 0 aliphatic heterocycles. The Hall–Kier alpha value is -3.40. The molecule has 0 amide bonds. The lowest BCUT2D eigenvalue weighted by atomic mass is 10.0. The number of hydrogen-bond acceptors (Lipinski definition) is 7. The van der Waals surface area contributed by atoms with Crippen LogP contribution in [0.25, 0.3) is 0 Å². The molecule has 0 unspecified atom stereocenters. The zero-order chi connectivity index (χ0) is 24.3. The molecule has 0 bridgehead atoms. The van der Waals surface area contributed by atoms with Gasteiger partial charge in [0.25, 0.3) is 10.0 Å². The Morgan fingerprint density at radius 3 is 2.44 bits per heavy atom. The molecule has 0 aliphatic carbocycles. The number of aryl methyl sites for hydroxylation is 1. The third-order valence-corrected chi connectivity index (χ3v) is 7.47. The van der Waals surface area contributed by atoms with Crippen LogP contribution in [-0.2, 0) is 10.0 Å². The molecule has 2 N–H and O–H groups in total. The molecule has 1 heterocycles. The van der Waals surface area contributed by atoms with E-state index in [0.29, 0.717) is 26.9 Å². The second-order valence-electron chi connectivity index (χ2n) is 7.28. The van der Waals surface area contributed by atoms with Gasteiger partial charge in [0.15, 0.2) is 5.13 Å². The Morgan fingerprint density at radius 1 is 1.03 bits per heavy atom. The number of hydrogen-bond donors (Lipinski definition) is 2. The van der Waals surface area contributed by atoms with E-state index in [0.717, 1.165) is 5.56 Å². The van der Waals surface area contributed by atoms with E-state index in [-0.39, 0.29) is 21.5 Å². The fourth-order valence-corrected chi connectivity index (χ4v) is 5.50. The van der Waals surface area contributed by atoms with Crippen LogP contribution in [0.5, 0.6) is 5.75 Å². The van der Waals surface area contributed by atoms with Gasteiger partial charge in [-0.2, -0.15) is 0 Å². The monoisotopic (exact) mass is 513 g/mol. The number of sulfonamides is 1. The van der Waals surface area contributed by atoms with Gasteiger partial charge >= 0.3 is 0 Å². The van der Waals surface area contributed by atoms with Gasteiger partial charge in [-0.1, -0.05) is 47.2 Å². The van der Waals surface area contributed by atoms with Gasteiger partial charge in [0.05, 0.1) is 18.2 Å². The number of carbonyl (C=O) groups is 1. The van der Waals surface area contributed by atoms with Crippen molar-refractivity contribution in [3.05, 3.63) is 94.0 Å². The lowest BCUT2D eigenvalue weighted by Gasteiger charge is -2.12. The Kier molecular flexibility index (Phi) is 6.87. The van der Waals surface area contributed by atoms with E-state index in [1.54, 1.807) is 42.6 Å². The maximum Gasteiger partial charge on any atom is 0.265 e. The number of nitrogens with zero attached hydrogens (tertiary/aromatic N) is 1. The summed E-state index contributed by atoms with van der Waals surface area (Å²) in [5, 5.41) is 3.97. The zero-order valence-corrected chi connectivity index (χ0v) is 20.6. The van der Waals surface area contributed by atoms with Crippen LogP contribution < -0.4 is 14.8 Å². The van der Waals surface area contributed by atoms with Crippen LogP contribution in [0.2, 0.25) is 5.02 Å². The van der Waals surface area contributed by atoms with E-state index in [1.165, 1.54) is 30.6 Å². The maximum absolute atomic E-state index is 12.8. The van der Waals surface area contributed by atoms with E-state index < -0.39 is 10.0 Å². The third-order valence-electron chi connectivity index (χ3n) is 4.92. The van der Waals surface area contributed by atoms with Crippen molar-refractivity contribution >= 4 is 55.3 Å². The topological polar surface area (TPSA) is 97.4 Å². The number of halogens is 1. The number of thiazole rings is 1. The van der Waals surface area contributed by atoms with Crippen LogP contribution in [0.3, 0.4) is 0 Å². The summed E-state index contributed by atoms with van der Waals surface area (Å²) in [6.07, 6.45) is 1.54. The lowest BCUT2D eigenvalue weighted by Crippen LogP contribution is -2.14. The molecular formula is C24H20ClN3O4S2. The van der Waals surface area contributed by atoms with Gasteiger partial charge in [0.2, 0.25) is 5.78 Å². The smallest absolute Gasteiger partial charge is 0.265 e. The SMILES string of the molecule is COc1ccc(Cl)cc1S(=O)(=O)Nc1ccc(Nc2ncc(C(=O)c3ccccc3C)s2)cc1. The van der Waals surface area contributed by atoms with Crippen molar-refractivity contribution in [2.24, 2.45) is 0 Å². The second-order valence-corrected chi connectivity index (χ2v) is 10.4. The molecule has 174 valence electrons. The van der Waals surface area contributed by atoms with E-state index in [4.69, 9.17) is 16.3 Å². The normalized spacial score (nSPS) is 11.1. The predicted molar refractivity (Wildman–Crippen MR) is 135 cm³/mol.